The van der Waals surface area contributed by atoms with Gasteiger partial charge in [-0.05, 0) is 61.2 Å². The number of carbonyl (C=O) groups excluding carboxylic acids is 1. The molecule has 0 aliphatic carbocycles. The highest BCUT2D eigenvalue weighted by atomic mass is 16.5. The third-order valence-corrected chi connectivity index (χ3v) is 7.08. The zero-order valence-electron chi connectivity index (χ0n) is 21.2. The first-order valence-electron chi connectivity index (χ1n) is 12.2. The lowest BCUT2D eigenvalue weighted by molar-refractivity contribution is -0.132. The van der Waals surface area contributed by atoms with Crippen LogP contribution in [-0.4, -0.2) is 41.4 Å². The molecular weight excluding hydrogens is 450 g/mol. The molecule has 1 aromatic heterocycles. The Morgan fingerprint density at radius 1 is 0.944 bits per heavy atom. The van der Waals surface area contributed by atoms with Gasteiger partial charge in [0.05, 0.1) is 38.1 Å². The van der Waals surface area contributed by atoms with Gasteiger partial charge in [0.1, 0.15) is 0 Å². The van der Waals surface area contributed by atoms with E-state index < -0.39 is 0 Å². The molecular formula is C30H31N3O3. The molecule has 1 atom stereocenters. The summed E-state index contributed by atoms with van der Waals surface area (Å²) < 4.78 is 13.1. The van der Waals surface area contributed by atoms with Gasteiger partial charge in [-0.15, -0.1) is 0 Å². The summed E-state index contributed by atoms with van der Waals surface area (Å²) in [7, 11) is 3.29. The van der Waals surface area contributed by atoms with E-state index in [1.165, 1.54) is 5.56 Å². The van der Waals surface area contributed by atoms with Crippen molar-refractivity contribution in [3.8, 4) is 17.2 Å². The first-order chi connectivity index (χ1) is 17.5. The predicted octanol–water partition coefficient (Wildman–Crippen LogP) is 5.22. The van der Waals surface area contributed by atoms with Crippen molar-refractivity contribution in [2.24, 2.45) is 0 Å². The minimum absolute atomic E-state index is 0.0862. The fourth-order valence-electron chi connectivity index (χ4n) is 5.21. The first-order valence-corrected chi connectivity index (χ1v) is 12.2. The number of hydrogen-bond acceptors (Lipinski definition) is 4. The molecule has 2 heterocycles. The maximum Gasteiger partial charge on any atom is 0.227 e. The van der Waals surface area contributed by atoms with Gasteiger partial charge in [-0.3, -0.25) is 4.79 Å². The number of carbonyl (C=O) groups is 1. The van der Waals surface area contributed by atoms with Crippen LogP contribution in [-0.2, 0) is 17.6 Å². The molecule has 0 fully saturated rings. The lowest BCUT2D eigenvalue weighted by Crippen LogP contribution is -2.41. The van der Waals surface area contributed by atoms with Gasteiger partial charge in [0.2, 0.25) is 5.91 Å². The fourth-order valence-corrected chi connectivity index (χ4v) is 5.21. The van der Waals surface area contributed by atoms with E-state index in [1.54, 1.807) is 14.2 Å². The Kier molecular flexibility index (Phi) is 6.51. The highest BCUT2D eigenvalue weighted by Crippen LogP contribution is 2.41. The minimum atomic E-state index is -0.202. The SMILES string of the molecule is COc1cc2c(cc1OC)C(c1ccccc1)N(C(=O)Cc1c(C)nn(-c3ccccc3)c1C)CC2. The van der Waals surface area contributed by atoms with Gasteiger partial charge in [-0.25, -0.2) is 4.68 Å². The van der Waals surface area contributed by atoms with Gasteiger partial charge in [0, 0.05) is 17.8 Å². The molecule has 0 saturated carbocycles. The maximum atomic E-state index is 13.9. The summed E-state index contributed by atoms with van der Waals surface area (Å²) in [6.07, 6.45) is 1.06. The van der Waals surface area contributed by atoms with Crippen LogP contribution in [0.3, 0.4) is 0 Å². The lowest BCUT2D eigenvalue weighted by atomic mass is 9.87. The number of amides is 1. The number of ether oxygens (including phenoxy) is 2. The van der Waals surface area contributed by atoms with Crippen LogP contribution in [0.15, 0.2) is 72.8 Å². The normalized spacial score (nSPS) is 14.9. The van der Waals surface area contributed by atoms with Crippen molar-refractivity contribution >= 4 is 5.91 Å². The van der Waals surface area contributed by atoms with Crippen LogP contribution in [0.2, 0.25) is 0 Å². The summed E-state index contributed by atoms with van der Waals surface area (Å²) in [6, 6.07) is 24.1. The Morgan fingerprint density at radius 2 is 1.58 bits per heavy atom. The molecule has 1 amide bonds. The van der Waals surface area contributed by atoms with Crippen molar-refractivity contribution in [2.75, 3.05) is 20.8 Å². The van der Waals surface area contributed by atoms with Crippen molar-refractivity contribution in [3.05, 3.63) is 106 Å². The quantitative estimate of drug-likeness (QED) is 0.379. The molecule has 6 heteroatoms. The van der Waals surface area contributed by atoms with E-state index in [1.807, 2.05) is 84.1 Å². The molecule has 1 aliphatic heterocycles. The number of aryl methyl sites for hydroxylation is 1. The van der Waals surface area contributed by atoms with Crippen molar-refractivity contribution in [2.45, 2.75) is 32.7 Å². The topological polar surface area (TPSA) is 56.6 Å². The number of aromatic nitrogens is 2. The standard InChI is InChI=1S/C30H31N3O3/c1-20-25(21(2)33(31-20)24-13-9-6-10-14-24)19-29(34)32-16-15-23-17-27(35-3)28(36-4)18-26(23)30(32)22-11-7-5-8-12-22/h5-14,17-18,30H,15-16,19H2,1-4H3. The molecule has 0 radical (unpaired) electrons. The molecule has 6 nitrogen and oxygen atoms in total. The summed E-state index contributed by atoms with van der Waals surface area (Å²) >= 11 is 0. The van der Waals surface area contributed by atoms with Gasteiger partial charge < -0.3 is 14.4 Å². The van der Waals surface area contributed by atoms with Gasteiger partial charge in [0.15, 0.2) is 11.5 Å². The number of fused-ring (bicyclic) bond motifs is 1. The fraction of sp³-hybridized carbons (Fsp3) is 0.267. The molecule has 5 rings (SSSR count). The zero-order valence-corrected chi connectivity index (χ0v) is 21.2. The van der Waals surface area contributed by atoms with Gasteiger partial charge in [-0.2, -0.15) is 5.10 Å². The van der Waals surface area contributed by atoms with E-state index in [2.05, 4.69) is 12.1 Å². The Morgan fingerprint density at radius 3 is 2.25 bits per heavy atom. The Hall–Kier alpha value is -4.06. The molecule has 1 aliphatic rings. The minimum Gasteiger partial charge on any atom is -0.493 e. The first kappa shape index (κ1) is 23.7. The summed E-state index contributed by atoms with van der Waals surface area (Å²) in [5, 5.41) is 4.75. The molecule has 0 N–H and O–H groups in total. The number of methoxy groups -OCH3 is 2. The smallest absolute Gasteiger partial charge is 0.227 e. The summed E-state index contributed by atoms with van der Waals surface area (Å²) in [5.74, 6) is 1.47. The number of para-hydroxylation sites is 1. The van der Waals surface area contributed by atoms with Crippen LogP contribution in [0.1, 0.15) is 39.7 Å². The summed E-state index contributed by atoms with van der Waals surface area (Å²) in [4.78, 5) is 15.9. The van der Waals surface area contributed by atoms with E-state index in [9.17, 15) is 4.79 Å². The third-order valence-electron chi connectivity index (χ3n) is 7.08. The van der Waals surface area contributed by atoms with E-state index in [0.29, 0.717) is 24.5 Å². The second kappa shape index (κ2) is 9.90. The Balaban J connectivity index is 1.52. The third kappa shape index (κ3) is 4.24. The summed E-state index contributed by atoms with van der Waals surface area (Å²) in [6.45, 7) is 4.64. The molecule has 4 aromatic rings. The van der Waals surface area contributed by atoms with Gasteiger partial charge in [-0.1, -0.05) is 48.5 Å². The number of hydrogen-bond donors (Lipinski definition) is 0. The van der Waals surface area contributed by atoms with E-state index in [4.69, 9.17) is 14.6 Å². The number of rotatable bonds is 6. The van der Waals surface area contributed by atoms with Gasteiger partial charge in [0.25, 0.3) is 0 Å². The molecule has 0 saturated heterocycles. The highest BCUT2D eigenvalue weighted by molar-refractivity contribution is 5.81. The van der Waals surface area contributed by atoms with Crippen LogP contribution < -0.4 is 9.47 Å². The molecule has 184 valence electrons. The Bertz CT molecular complexity index is 1380. The average Bonchev–Trinajstić information content (AvgIpc) is 3.20. The molecule has 3 aromatic carbocycles. The predicted molar refractivity (Wildman–Crippen MR) is 140 cm³/mol. The maximum absolute atomic E-state index is 13.9. The monoisotopic (exact) mass is 481 g/mol. The van der Waals surface area contributed by atoms with Crippen LogP contribution >= 0.6 is 0 Å². The largest absolute Gasteiger partial charge is 0.493 e. The van der Waals surface area contributed by atoms with E-state index >= 15 is 0 Å². The van der Waals surface area contributed by atoms with Crippen molar-refractivity contribution in [1.29, 1.82) is 0 Å². The van der Waals surface area contributed by atoms with Crippen LogP contribution in [0.5, 0.6) is 11.5 Å². The number of nitrogens with zero attached hydrogens (tertiary/aromatic N) is 3. The van der Waals surface area contributed by atoms with Crippen LogP contribution in [0, 0.1) is 13.8 Å². The van der Waals surface area contributed by atoms with Crippen molar-refractivity contribution < 1.29 is 14.3 Å². The van der Waals surface area contributed by atoms with Crippen LogP contribution in [0.4, 0.5) is 0 Å². The van der Waals surface area contributed by atoms with Crippen LogP contribution in [0.25, 0.3) is 5.69 Å². The van der Waals surface area contributed by atoms with E-state index in [0.717, 1.165) is 40.2 Å². The Labute approximate surface area is 212 Å². The molecule has 0 bridgehead atoms. The molecule has 1 unspecified atom stereocenters. The second-order valence-electron chi connectivity index (χ2n) is 9.13. The van der Waals surface area contributed by atoms with Crippen molar-refractivity contribution in [1.82, 2.24) is 14.7 Å². The zero-order chi connectivity index (χ0) is 25.2. The summed E-state index contributed by atoms with van der Waals surface area (Å²) in [5.41, 5.74) is 7.17. The number of benzene rings is 3. The van der Waals surface area contributed by atoms with E-state index in [-0.39, 0.29) is 11.9 Å². The molecule has 0 spiro atoms. The second-order valence-corrected chi connectivity index (χ2v) is 9.13. The highest BCUT2D eigenvalue weighted by Gasteiger charge is 2.34. The average molecular weight is 482 g/mol. The van der Waals surface area contributed by atoms with Gasteiger partial charge >= 0.3 is 0 Å². The lowest BCUT2D eigenvalue weighted by Gasteiger charge is -2.38. The van der Waals surface area contributed by atoms with Crippen molar-refractivity contribution in [3.63, 3.8) is 0 Å². The molecule has 36 heavy (non-hydrogen) atoms.